The van der Waals surface area contributed by atoms with E-state index in [2.05, 4.69) is 17.5 Å². The number of amides is 3. The monoisotopic (exact) mass is 368 g/mol. The van der Waals surface area contributed by atoms with Gasteiger partial charge in [0.15, 0.2) is 0 Å². The minimum Gasteiger partial charge on any atom is -0.496 e. The number of likely N-dealkylation sites (tertiary alicyclic amines) is 1. The minimum absolute atomic E-state index is 0.165. The van der Waals surface area contributed by atoms with Crippen molar-refractivity contribution in [3.63, 3.8) is 0 Å². The first-order valence-corrected chi connectivity index (χ1v) is 9.43. The highest BCUT2D eigenvalue weighted by Crippen LogP contribution is 2.52. The number of carbonyl (C=O) groups excluding carboxylic acids is 3. The maximum Gasteiger partial charge on any atom is 0.240 e. The summed E-state index contributed by atoms with van der Waals surface area (Å²) in [6.45, 7) is 2.24. The molecule has 3 amide bonds. The van der Waals surface area contributed by atoms with Crippen LogP contribution in [0, 0.1) is 30.6 Å². The summed E-state index contributed by atoms with van der Waals surface area (Å²) in [5.41, 5.74) is 2.14. The van der Waals surface area contributed by atoms with E-state index in [-0.39, 0.29) is 47.9 Å². The second-order valence-corrected chi connectivity index (χ2v) is 7.68. The van der Waals surface area contributed by atoms with E-state index in [4.69, 9.17) is 4.74 Å². The average Bonchev–Trinajstić information content (AvgIpc) is 3.32. The number of nitrogens with zero attached hydrogens (tertiary/aromatic N) is 1. The summed E-state index contributed by atoms with van der Waals surface area (Å²) in [5, 5.41) is 2.82. The van der Waals surface area contributed by atoms with Crippen LogP contribution in [0.15, 0.2) is 30.4 Å². The maximum absolute atomic E-state index is 12.6. The van der Waals surface area contributed by atoms with E-state index in [1.54, 1.807) is 7.11 Å². The van der Waals surface area contributed by atoms with Gasteiger partial charge in [-0.05, 0) is 43.2 Å². The molecule has 4 unspecified atom stereocenters. The molecule has 0 spiro atoms. The van der Waals surface area contributed by atoms with Crippen LogP contribution in [-0.4, -0.2) is 42.8 Å². The van der Waals surface area contributed by atoms with Crippen molar-refractivity contribution in [3.05, 3.63) is 41.5 Å². The average molecular weight is 368 g/mol. The highest BCUT2D eigenvalue weighted by molar-refractivity contribution is 6.08. The number of fused-ring (bicyclic) bond motifs is 5. The SMILES string of the molecule is COc1ccc(C)cc1CCNC(=O)CN1C(=O)C2C3C=CC(C3)C2C1=O. The van der Waals surface area contributed by atoms with E-state index in [1.165, 1.54) is 0 Å². The number of benzene rings is 1. The van der Waals surface area contributed by atoms with Gasteiger partial charge in [-0.2, -0.15) is 0 Å². The Bertz CT molecular complexity index is 801. The number of imide groups is 1. The molecule has 2 bridgehead atoms. The van der Waals surface area contributed by atoms with Gasteiger partial charge in [0.05, 0.1) is 18.9 Å². The smallest absolute Gasteiger partial charge is 0.240 e. The van der Waals surface area contributed by atoms with Gasteiger partial charge in [0.25, 0.3) is 0 Å². The molecule has 6 heteroatoms. The number of allylic oxidation sites excluding steroid dienone is 2. The summed E-state index contributed by atoms with van der Waals surface area (Å²) >= 11 is 0. The van der Waals surface area contributed by atoms with Crippen LogP contribution in [0.5, 0.6) is 5.75 Å². The van der Waals surface area contributed by atoms with Crippen LogP contribution in [0.2, 0.25) is 0 Å². The first-order chi connectivity index (χ1) is 13.0. The van der Waals surface area contributed by atoms with Gasteiger partial charge in [0, 0.05) is 6.54 Å². The Morgan fingerprint density at radius 1 is 1.19 bits per heavy atom. The van der Waals surface area contributed by atoms with E-state index in [9.17, 15) is 14.4 Å². The number of rotatable bonds is 6. The van der Waals surface area contributed by atoms with E-state index in [0.717, 1.165) is 28.2 Å². The Morgan fingerprint density at radius 3 is 2.48 bits per heavy atom. The minimum atomic E-state index is -0.302. The van der Waals surface area contributed by atoms with Gasteiger partial charge in [-0.15, -0.1) is 0 Å². The van der Waals surface area contributed by atoms with Gasteiger partial charge in [-0.1, -0.05) is 29.8 Å². The van der Waals surface area contributed by atoms with Crippen molar-refractivity contribution in [1.29, 1.82) is 0 Å². The van der Waals surface area contributed by atoms with Crippen molar-refractivity contribution in [2.45, 2.75) is 19.8 Å². The molecule has 1 aliphatic heterocycles. The normalized spacial score (nSPS) is 28.0. The third-order valence-corrected chi connectivity index (χ3v) is 6.02. The van der Waals surface area contributed by atoms with E-state index < -0.39 is 0 Å². The topological polar surface area (TPSA) is 75.7 Å². The predicted octanol–water partition coefficient (Wildman–Crippen LogP) is 1.47. The molecule has 4 rings (SSSR count). The van der Waals surface area contributed by atoms with E-state index in [0.29, 0.717) is 13.0 Å². The molecule has 4 atom stereocenters. The fraction of sp³-hybridized carbons (Fsp3) is 0.476. The van der Waals surface area contributed by atoms with Crippen LogP contribution in [0.3, 0.4) is 0 Å². The first-order valence-electron chi connectivity index (χ1n) is 9.43. The summed E-state index contributed by atoms with van der Waals surface area (Å²) in [4.78, 5) is 38.7. The van der Waals surface area contributed by atoms with Gasteiger partial charge in [-0.25, -0.2) is 0 Å². The molecule has 0 aromatic heterocycles. The zero-order valence-electron chi connectivity index (χ0n) is 15.6. The lowest BCUT2D eigenvalue weighted by Gasteiger charge is -2.17. The quantitative estimate of drug-likeness (QED) is 0.609. The summed E-state index contributed by atoms with van der Waals surface area (Å²) in [5.74, 6) is -0.0563. The molecule has 3 aliphatic rings. The summed E-state index contributed by atoms with van der Waals surface area (Å²) in [6, 6.07) is 5.92. The van der Waals surface area contributed by atoms with Crippen molar-refractivity contribution in [2.75, 3.05) is 20.2 Å². The number of carbonyl (C=O) groups is 3. The molecule has 6 nitrogen and oxygen atoms in total. The zero-order valence-corrected chi connectivity index (χ0v) is 15.6. The number of ether oxygens (including phenoxy) is 1. The lowest BCUT2D eigenvalue weighted by Crippen LogP contribution is -2.42. The third-order valence-electron chi connectivity index (χ3n) is 6.02. The molecule has 2 aliphatic carbocycles. The number of nitrogens with one attached hydrogen (secondary N) is 1. The predicted molar refractivity (Wildman–Crippen MR) is 98.9 cm³/mol. The van der Waals surface area contributed by atoms with Gasteiger partial charge in [0.2, 0.25) is 17.7 Å². The zero-order chi connectivity index (χ0) is 19.1. The summed E-state index contributed by atoms with van der Waals surface area (Å²) < 4.78 is 5.35. The van der Waals surface area contributed by atoms with Crippen molar-refractivity contribution >= 4 is 17.7 Å². The number of hydrogen-bond acceptors (Lipinski definition) is 4. The van der Waals surface area contributed by atoms with Crippen molar-refractivity contribution < 1.29 is 19.1 Å². The van der Waals surface area contributed by atoms with Gasteiger partial charge < -0.3 is 10.1 Å². The number of hydrogen-bond donors (Lipinski definition) is 1. The molecule has 1 aromatic rings. The highest BCUT2D eigenvalue weighted by atomic mass is 16.5. The van der Waals surface area contributed by atoms with Crippen LogP contribution in [-0.2, 0) is 20.8 Å². The second kappa shape index (κ2) is 6.83. The standard InChI is InChI=1S/C21H24N2O4/c1-12-3-6-16(27-2)13(9-12)7-8-22-17(24)11-23-20(25)18-14-4-5-15(10-14)19(18)21(23)26/h3-6,9,14-15,18-19H,7-8,10-11H2,1-2H3,(H,22,24). The largest absolute Gasteiger partial charge is 0.496 e. The molecule has 0 radical (unpaired) electrons. The van der Waals surface area contributed by atoms with Crippen LogP contribution >= 0.6 is 0 Å². The van der Waals surface area contributed by atoms with Gasteiger partial charge in [0.1, 0.15) is 12.3 Å². The third kappa shape index (κ3) is 3.03. The molecular weight excluding hydrogens is 344 g/mol. The molecule has 142 valence electrons. The van der Waals surface area contributed by atoms with Crippen LogP contribution < -0.4 is 10.1 Å². The van der Waals surface area contributed by atoms with E-state index in [1.807, 2.05) is 25.1 Å². The molecule has 1 saturated heterocycles. The maximum atomic E-state index is 12.6. The molecule has 1 saturated carbocycles. The van der Waals surface area contributed by atoms with Crippen LogP contribution in [0.1, 0.15) is 17.5 Å². The molecular formula is C21H24N2O4. The number of aryl methyl sites for hydroxylation is 1. The number of methoxy groups -OCH3 is 1. The molecule has 2 fully saturated rings. The van der Waals surface area contributed by atoms with Crippen molar-refractivity contribution in [2.24, 2.45) is 23.7 Å². The summed E-state index contributed by atoms with van der Waals surface area (Å²) in [7, 11) is 1.62. The first kappa shape index (κ1) is 17.8. The lowest BCUT2D eigenvalue weighted by atomic mass is 9.85. The Morgan fingerprint density at radius 2 is 1.85 bits per heavy atom. The Kier molecular flexibility index (Phi) is 4.50. The molecule has 1 heterocycles. The van der Waals surface area contributed by atoms with Crippen LogP contribution in [0.25, 0.3) is 0 Å². The van der Waals surface area contributed by atoms with Crippen molar-refractivity contribution in [1.82, 2.24) is 10.2 Å². The van der Waals surface area contributed by atoms with Crippen LogP contribution in [0.4, 0.5) is 0 Å². The fourth-order valence-corrected chi connectivity index (χ4v) is 4.76. The Hall–Kier alpha value is -2.63. The van der Waals surface area contributed by atoms with Gasteiger partial charge >= 0.3 is 0 Å². The van der Waals surface area contributed by atoms with E-state index >= 15 is 0 Å². The lowest BCUT2D eigenvalue weighted by molar-refractivity contribution is -0.144. The molecule has 27 heavy (non-hydrogen) atoms. The van der Waals surface area contributed by atoms with Crippen molar-refractivity contribution in [3.8, 4) is 5.75 Å². The fourth-order valence-electron chi connectivity index (χ4n) is 4.76. The second-order valence-electron chi connectivity index (χ2n) is 7.68. The molecule has 1 aromatic carbocycles. The Balaban J connectivity index is 1.32. The Labute approximate surface area is 158 Å². The summed E-state index contributed by atoms with van der Waals surface area (Å²) in [6.07, 6.45) is 5.62. The highest BCUT2D eigenvalue weighted by Gasteiger charge is 2.59. The molecule has 1 N–H and O–H groups in total. The van der Waals surface area contributed by atoms with Gasteiger partial charge in [-0.3, -0.25) is 19.3 Å².